The SMILES string of the molecule is Cc1cc(Cl)c(OCCN2CCNCC2)c(Br)c1.[Cl-]. The van der Waals surface area contributed by atoms with Crippen LogP contribution in [0.3, 0.4) is 0 Å². The lowest BCUT2D eigenvalue weighted by molar-refractivity contribution is -0.00000406. The van der Waals surface area contributed by atoms with E-state index in [-0.39, 0.29) is 12.4 Å². The highest BCUT2D eigenvalue weighted by Crippen LogP contribution is 2.34. The maximum Gasteiger partial charge on any atom is 0.152 e. The van der Waals surface area contributed by atoms with Gasteiger partial charge in [-0.1, -0.05) is 11.6 Å². The number of ether oxygens (including phenoxy) is 1. The number of aryl methyl sites for hydroxylation is 1. The normalized spacial score (nSPS) is 15.9. The number of rotatable bonds is 4. The van der Waals surface area contributed by atoms with Gasteiger partial charge in [-0.2, -0.15) is 0 Å². The lowest BCUT2D eigenvalue weighted by atomic mass is 10.2. The summed E-state index contributed by atoms with van der Waals surface area (Å²) in [5.41, 5.74) is 1.13. The van der Waals surface area contributed by atoms with E-state index < -0.39 is 0 Å². The molecular weight excluding hydrogens is 351 g/mol. The van der Waals surface area contributed by atoms with E-state index in [0.717, 1.165) is 48.5 Å². The zero-order valence-electron chi connectivity index (χ0n) is 10.9. The van der Waals surface area contributed by atoms with Crippen molar-refractivity contribution >= 4 is 27.5 Å². The Labute approximate surface area is 134 Å². The lowest BCUT2D eigenvalue weighted by Crippen LogP contribution is -3.00. The van der Waals surface area contributed by atoms with Gasteiger partial charge in [0.2, 0.25) is 0 Å². The number of hydrogen-bond donors (Lipinski definition) is 1. The van der Waals surface area contributed by atoms with Crippen molar-refractivity contribution in [3.63, 3.8) is 0 Å². The molecule has 1 aliphatic rings. The van der Waals surface area contributed by atoms with Gasteiger partial charge in [-0.3, -0.25) is 4.90 Å². The first-order valence-corrected chi connectivity index (χ1v) is 7.35. The molecule has 1 aliphatic heterocycles. The lowest BCUT2D eigenvalue weighted by Gasteiger charge is -2.27. The number of halogens is 3. The fourth-order valence-corrected chi connectivity index (χ4v) is 3.17. The first-order valence-electron chi connectivity index (χ1n) is 6.18. The fourth-order valence-electron chi connectivity index (χ4n) is 2.04. The predicted molar refractivity (Wildman–Crippen MR) is 78.7 cm³/mol. The Bertz CT molecular complexity index is 389. The van der Waals surface area contributed by atoms with Crippen molar-refractivity contribution < 1.29 is 17.1 Å². The largest absolute Gasteiger partial charge is 1.00 e. The number of nitrogens with one attached hydrogen (secondary N) is 1. The Hall–Kier alpha value is -0.0000000000000000555. The van der Waals surface area contributed by atoms with Crippen molar-refractivity contribution in [1.82, 2.24) is 10.2 Å². The minimum absolute atomic E-state index is 0. The third kappa shape index (κ3) is 5.12. The Balaban J connectivity index is 0.00000180. The minimum atomic E-state index is 0. The Morgan fingerprint density at radius 3 is 2.68 bits per heavy atom. The fraction of sp³-hybridized carbons (Fsp3) is 0.538. The molecule has 0 bridgehead atoms. The minimum Gasteiger partial charge on any atom is -1.00 e. The smallest absolute Gasteiger partial charge is 0.152 e. The predicted octanol–water partition coefficient (Wildman–Crippen LogP) is -0.301. The summed E-state index contributed by atoms with van der Waals surface area (Å²) in [5, 5.41) is 4.00. The Morgan fingerprint density at radius 1 is 1.37 bits per heavy atom. The van der Waals surface area contributed by atoms with Crippen LogP contribution >= 0.6 is 27.5 Å². The topological polar surface area (TPSA) is 24.5 Å². The van der Waals surface area contributed by atoms with Crippen molar-refractivity contribution in [3.05, 3.63) is 27.2 Å². The monoisotopic (exact) mass is 367 g/mol. The van der Waals surface area contributed by atoms with Gasteiger partial charge in [0.25, 0.3) is 0 Å². The van der Waals surface area contributed by atoms with Crippen molar-refractivity contribution in [1.29, 1.82) is 0 Å². The second-order valence-electron chi connectivity index (χ2n) is 4.50. The average Bonchev–Trinajstić information content (AvgIpc) is 2.34. The molecule has 1 aromatic rings. The van der Waals surface area contributed by atoms with Crippen LogP contribution in [0.1, 0.15) is 5.56 Å². The number of piperazine rings is 1. The zero-order valence-corrected chi connectivity index (χ0v) is 14.0. The van der Waals surface area contributed by atoms with E-state index in [1.807, 2.05) is 19.1 Å². The van der Waals surface area contributed by atoms with Gasteiger partial charge in [0, 0.05) is 32.7 Å². The molecule has 0 radical (unpaired) electrons. The van der Waals surface area contributed by atoms with E-state index in [9.17, 15) is 0 Å². The van der Waals surface area contributed by atoms with E-state index in [4.69, 9.17) is 16.3 Å². The first-order chi connectivity index (χ1) is 8.66. The first kappa shape index (κ1) is 17.1. The molecule has 1 N–H and O–H groups in total. The summed E-state index contributed by atoms with van der Waals surface area (Å²) in [4.78, 5) is 2.40. The molecular formula is C13H18BrCl2N2O-. The quantitative estimate of drug-likeness (QED) is 0.789. The summed E-state index contributed by atoms with van der Waals surface area (Å²) in [6.45, 7) is 7.93. The summed E-state index contributed by atoms with van der Waals surface area (Å²) >= 11 is 9.67. The van der Waals surface area contributed by atoms with E-state index in [2.05, 4.69) is 26.1 Å². The zero-order chi connectivity index (χ0) is 13.0. The van der Waals surface area contributed by atoms with E-state index in [1.54, 1.807) is 0 Å². The maximum absolute atomic E-state index is 6.18. The van der Waals surface area contributed by atoms with Crippen molar-refractivity contribution in [2.45, 2.75) is 6.92 Å². The molecule has 0 saturated carbocycles. The molecule has 0 aromatic heterocycles. The molecule has 1 aromatic carbocycles. The molecule has 0 amide bonds. The third-order valence-corrected chi connectivity index (χ3v) is 3.88. The number of nitrogens with zero attached hydrogens (tertiary/aromatic N) is 1. The molecule has 108 valence electrons. The summed E-state index contributed by atoms with van der Waals surface area (Å²) in [5.74, 6) is 0.748. The van der Waals surface area contributed by atoms with E-state index >= 15 is 0 Å². The van der Waals surface area contributed by atoms with Gasteiger partial charge in [0.15, 0.2) is 5.75 Å². The van der Waals surface area contributed by atoms with Gasteiger partial charge in [-0.15, -0.1) is 0 Å². The molecule has 1 heterocycles. The second kappa shape index (κ2) is 8.32. The molecule has 0 spiro atoms. The number of hydrogen-bond acceptors (Lipinski definition) is 3. The van der Waals surface area contributed by atoms with Gasteiger partial charge in [-0.05, 0) is 40.5 Å². The molecule has 1 fully saturated rings. The van der Waals surface area contributed by atoms with Crippen LogP contribution in [0.4, 0.5) is 0 Å². The Morgan fingerprint density at radius 2 is 2.05 bits per heavy atom. The summed E-state index contributed by atoms with van der Waals surface area (Å²) < 4.78 is 6.71. The maximum atomic E-state index is 6.18. The average molecular weight is 369 g/mol. The van der Waals surface area contributed by atoms with Gasteiger partial charge in [0.05, 0.1) is 9.50 Å². The Kier molecular flexibility index (Phi) is 7.47. The highest BCUT2D eigenvalue weighted by atomic mass is 79.9. The van der Waals surface area contributed by atoms with Gasteiger partial charge < -0.3 is 22.5 Å². The van der Waals surface area contributed by atoms with Crippen LogP contribution in [0.5, 0.6) is 5.75 Å². The van der Waals surface area contributed by atoms with Crippen LogP contribution < -0.4 is 22.5 Å². The van der Waals surface area contributed by atoms with Crippen LogP contribution in [-0.2, 0) is 0 Å². The summed E-state index contributed by atoms with van der Waals surface area (Å²) in [6, 6.07) is 3.94. The highest BCUT2D eigenvalue weighted by molar-refractivity contribution is 9.10. The summed E-state index contributed by atoms with van der Waals surface area (Å²) in [6.07, 6.45) is 0. The highest BCUT2D eigenvalue weighted by Gasteiger charge is 2.11. The van der Waals surface area contributed by atoms with Crippen LogP contribution in [0, 0.1) is 6.92 Å². The standard InChI is InChI=1S/C13H18BrClN2O.ClH/c1-10-8-11(14)13(12(15)9-10)18-7-6-17-4-2-16-3-5-17;/h8-9,16H,2-7H2,1H3;1H/p-1. The van der Waals surface area contributed by atoms with Gasteiger partial charge in [0.1, 0.15) is 6.61 Å². The molecule has 19 heavy (non-hydrogen) atoms. The van der Waals surface area contributed by atoms with Crippen molar-refractivity contribution in [2.75, 3.05) is 39.3 Å². The number of benzene rings is 1. The molecule has 0 aliphatic carbocycles. The molecule has 2 rings (SSSR count). The van der Waals surface area contributed by atoms with Crippen LogP contribution in [0.15, 0.2) is 16.6 Å². The van der Waals surface area contributed by atoms with Crippen molar-refractivity contribution in [3.8, 4) is 5.75 Å². The second-order valence-corrected chi connectivity index (χ2v) is 5.76. The van der Waals surface area contributed by atoms with Crippen LogP contribution in [-0.4, -0.2) is 44.2 Å². The molecule has 6 heteroatoms. The van der Waals surface area contributed by atoms with Gasteiger partial charge in [-0.25, -0.2) is 0 Å². The molecule has 0 atom stereocenters. The summed E-state index contributed by atoms with van der Waals surface area (Å²) in [7, 11) is 0. The van der Waals surface area contributed by atoms with Crippen molar-refractivity contribution in [2.24, 2.45) is 0 Å². The molecule has 1 saturated heterocycles. The van der Waals surface area contributed by atoms with Crippen LogP contribution in [0.2, 0.25) is 5.02 Å². The third-order valence-electron chi connectivity index (χ3n) is 3.01. The van der Waals surface area contributed by atoms with Crippen LogP contribution in [0.25, 0.3) is 0 Å². The molecule has 0 unspecified atom stereocenters. The molecule has 3 nitrogen and oxygen atoms in total. The van der Waals surface area contributed by atoms with E-state index in [0.29, 0.717) is 11.6 Å². The van der Waals surface area contributed by atoms with E-state index in [1.165, 1.54) is 0 Å². The van der Waals surface area contributed by atoms with Gasteiger partial charge >= 0.3 is 0 Å².